The van der Waals surface area contributed by atoms with Crippen LogP contribution < -0.4 is 5.32 Å². The first-order valence-electron chi connectivity index (χ1n) is 7.65. The van der Waals surface area contributed by atoms with Crippen molar-refractivity contribution in [1.82, 2.24) is 10.2 Å². The molecule has 0 saturated carbocycles. The highest BCUT2D eigenvalue weighted by atomic mass is 32.2. The Hall–Kier alpha value is -1.86. The zero-order valence-corrected chi connectivity index (χ0v) is 13.9. The summed E-state index contributed by atoms with van der Waals surface area (Å²) in [6.07, 6.45) is 1.20. The maximum absolute atomic E-state index is 12.0. The summed E-state index contributed by atoms with van der Waals surface area (Å²) in [4.78, 5) is 13.1. The molecule has 122 valence electrons. The largest absolute Gasteiger partial charge is 0.403 e. The van der Waals surface area contributed by atoms with Crippen molar-refractivity contribution in [2.45, 2.75) is 42.9 Å². The summed E-state index contributed by atoms with van der Waals surface area (Å²) >= 11 is 1.77. The normalized spacial score (nSPS) is 17.6. The van der Waals surface area contributed by atoms with Crippen LogP contribution in [0, 0.1) is 0 Å². The lowest BCUT2D eigenvalue weighted by molar-refractivity contribution is -0.124. The van der Waals surface area contributed by atoms with Crippen molar-refractivity contribution in [2.24, 2.45) is 0 Å². The van der Waals surface area contributed by atoms with Crippen molar-refractivity contribution < 1.29 is 13.9 Å². The summed E-state index contributed by atoms with van der Waals surface area (Å²) in [7, 11) is 0. The van der Waals surface area contributed by atoms with E-state index < -0.39 is 6.10 Å². The van der Waals surface area contributed by atoms with Gasteiger partial charge in [0.1, 0.15) is 6.10 Å². The number of carbonyl (C=O) groups excluding carboxylic acids is 1. The molecule has 1 saturated heterocycles. The molecule has 7 heteroatoms. The van der Waals surface area contributed by atoms with Gasteiger partial charge in [-0.25, -0.2) is 0 Å². The fourth-order valence-corrected chi connectivity index (χ4v) is 3.23. The Bertz CT molecular complexity index is 681. The van der Waals surface area contributed by atoms with Gasteiger partial charge >= 0.3 is 6.01 Å². The molecule has 1 atom stereocenters. The fourth-order valence-electron chi connectivity index (χ4n) is 2.34. The van der Waals surface area contributed by atoms with Crippen LogP contribution in [-0.4, -0.2) is 34.1 Å². The average molecular weight is 333 g/mol. The lowest BCUT2D eigenvalue weighted by atomic mass is 10.2. The van der Waals surface area contributed by atoms with Crippen molar-refractivity contribution in [2.75, 3.05) is 11.9 Å². The highest BCUT2D eigenvalue weighted by Gasteiger charge is 2.25. The van der Waals surface area contributed by atoms with Gasteiger partial charge in [0.05, 0.1) is 0 Å². The second kappa shape index (κ2) is 7.14. The molecule has 1 N–H and O–H groups in total. The molecule has 3 rings (SSSR count). The van der Waals surface area contributed by atoms with Crippen LogP contribution in [0.25, 0.3) is 11.5 Å². The predicted molar refractivity (Wildman–Crippen MR) is 88.3 cm³/mol. The first-order valence-corrected chi connectivity index (χ1v) is 8.53. The number of rotatable bonds is 5. The SMILES string of the molecule is CC(C)Sc1cccc(-c2nnc(NC(=O)C3CCCO3)o2)c1. The summed E-state index contributed by atoms with van der Waals surface area (Å²) in [5.41, 5.74) is 0.834. The van der Waals surface area contributed by atoms with Crippen LogP contribution in [-0.2, 0) is 9.53 Å². The van der Waals surface area contributed by atoms with Crippen LogP contribution in [0.5, 0.6) is 0 Å². The van der Waals surface area contributed by atoms with E-state index in [1.54, 1.807) is 11.8 Å². The quantitative estimate of drug-likeness (QED) is 0.846. The van der Waals surface area contributed by atoms with E-state index >= 15 is 0 Å². The second-order valence-corrected chi connectivity index (χ2v) is 7.25. The van der Waals surface area contributed by atoms with E-state index in [4.69, 9.17) is 9.15 Å². The maximum Gasteiger partial charge on any atom is 0.322 e. The number of amides is 1. The van der Waals surface area contributed by atoms with E-state index in [1.165, 1.54) is 0 Å². The number of ether oxygens (including phenoxy) is 1. The summed E-state index contributed by atoms with van der Waals surface area (Å²) in [5, 5.41) is 11.0. The number of nitrogens with one attached hydrogen (secondary N) is 1. The Kier molecular flexibility index (Phi) is 4.97. The van der Waals surface area contributed by atoms with Crippen LogP contribution >= 0.6 is 11.8 Å². The Morgan fingerprint density at radius 1 is 1.39 bits per heavy atom. The van der Waals surface area contributed by atoms with Crippen LogP contribution in [0.3, 0.4) is 0 Å². The molecule has 0 radical (unpaired) electrons. The number of anilines is 1. The molecule has 1 aromatic carbocycles. The number of hydrogen-bond donors (Lipinski definition) is 1. The minimum Gasteiger partial charge on any atom is -0.403 e. The zero-order chi connectivity index (χ0) is 16.2. The molecule has 1 aliphatic rings. The number of carbonyl (C=O) groups is 1. The molecule has 1 unspecified atom stereocenters. The molecule has 0 bridgehead atoms. The Morgan fingerprint density at radius 3 is 3.00 bits per heavy atom. The minimum absolute atomic E-state index is 0.0995. The van der Waals surface area contributed by atoms with Gasteiger partial charge in [0.2, 0.25) is 5.89 Å². The molecule has 1 fully saturated rings. The molecule has 1 amide bonds. The molecule has 1 aromatic heterocycles. The Morgan fingerprint density at radius 2 is 2.26 bits per heavy atom. The highest BCUT2D eigenvalue weighted by Crippen LogP contribution is 2.28. The van der Waals surface area contributed by atoms with Gasteiger partial charge in [-0.1, -0.05) is 25.0 Å². The Balaban J connectivity index is 1.70. The molecular formula is C16H19N3O3S. The lowest BCUT2D eigenvalue weighted by Crippen LogP contribution is -2.26. The molecule has 6 nitrogen and oxygen atoms in total. The van der Waals surface area contributed by atoms with Crippen molar-refractivity contribution in [3.05, 3.63) is 24.3 Å². The summed E-state index contributed by atoms with van der Waals surface area (Å²) in [6.45, 7) is 4.90. The van der Waals surface area contributed by atoms with Gasteiger partial charge in [0, 0.05) is 22.3 Å². The van der Waals surface area contributed by atoms with Crippen molar-refractivity contribution in [1.29, 1.82) is 0 Å². The fraction of sp³-hybridized carbons (Fsp3) is 0.438. The number of hydrogen-bond acceptors (Lipinski definition) is 6. The van der Waals surface area contributed by atoms with Crippen molar-refractivity contribution in [3.63, 3.8) is 0 Å². The van der Waals surface area contributed by atoms with E-state index in [1.807, 2.05) is 24.3 Å². The van der Waals surface area contributed by atoms with Crippen LogP contribution in [0.15, 0.2) is 33.6 Å². The second-order valence-electron chi connectivity index (χ2n) is 5.60. The number of thioether (sulfide) groups is 1. The van der Waals surface area contributed by atoms with Gasteiger partial charge in [-0.15, -0.1) is 16.9 Å². The average Bonchev–Trinajstić information content (AvgIpc) is 3.18. The van der Waals surface area contributed by atoms with Gasteiger partial charge in [0.25, 0.3) is 5.91 Å². The number of nitrogens with zero attached hydrogens (tertiary/aromatic N) is 2. The first-order chi connectivity index (χ1) is 11.1. The number of benzene rings is 1. The zero-order valence-electron chi connectivity index (χ0n) is 13.1. The van der Waals surface area contributed by atoms with Crippen LogP contribution in [0.2, 0.25) is 0 Å². The highest BCUT2D eigenvalue weighted by molar-refractivity contribution is 7.99. The minimum atomic E-state index is -0.420. The van der Waals surface area contributed by atoms with Crippen LogP contribution in [0.1, 0.15) is 26.7 Å². The molecule has 0 spiro atoms. The van der Waals surface area contributed by atoms with Crippen LogP contribution in [0.4, 0.5) is 6.01 Å². The van der Waals surface area contributed by atoms with Gasteiger partial charge in [-0.3, -0.25) is 10.1 Å². The van der Waals surface area contributed by atoms with Gasteiger partial charge in [-0.05, 0) is 31.0 Å². The topological polar surface area (TPSA) is 77.2 Å². The molecule has 23 heavy (non-hydrogen) atoms. The third kappa shape index (κ3) is 4.11. The van der Waals surface area contributed by atoms with E-state index in [0.717, 1.165) is 23.3 Å². The third-order valence-electron chi connectivity index (χ3n) is 3.33. The molecular weight excluding hydrogens is 314 g/mol. The number of aromatic nitrogens is 2. The predicted octanol–water partition coefficient (Wildman–Crippen LogP) is 3.35. The maximum atomic E-state index is 12.0. The van der Waals surface area contributed by atoms with E-state index in [-0.39, 0.29) is 11.9 Å². The van der Waals surface area contributed by atoms with Gasteiger partial charge in [-0.2, -0.15) is 0 Å². The van der Waals surface area contributed by atoms with E-state index in [9.17, 15) is 4.79 Å². The molecule has 1 aliphatic heterocycles. The van der Waals surface area contributed by atoms with E-state index in [0.29, 0.717) is 17.7 Å². The standard InChI is InChI=1S/C16H19N3O3S/c1-10(2)23-12-6-3-5-11(9-12)15-18-19-16(22-15)17-14(20)13-7-4-8-21-13/h3,5-6,9-10,13H,4,7-8H2,1-2H3,(H,17,19,20). The van der Waals surface area contributed by atoms with Crippen molar-refractivity contribution in [3.8, 4) is 11.5 Å². The monoisotopic (exact) mass is 333 g/mol. The van der Waals surface area contributed by atoms with Crippen molar-refractivity contribution >= 4 is 23.7 Å². The summed E-state index contributed by atoms with van der Waals surface area (Å²) in [6, 6.07) is 8.01. The van der Waals surface area contributed by atoms with E-state index in [2.05, 4.69) is 29.4 Å². The lowest BCUT2D eigenvalue weighted by Gasteiger charge is -2.06. The molecule has 0 aliphatic carbocycles. The Labute approximate surface area is 139 Å². The third-order valence-corrected chi connectivity index (χ3v) is 4.33. The summed E-state index contributed by atoms with van der Waals surface area (Å²) < 4.78 is 10.9. The van der Waals surface area contributed by atoms with Gasteiger partial charge in [0.15, 0.2) is 0 Å². The first kappa shape index (κ1) is 16.0. The summed E-state index contributed by atoms with van der Waals surface area (Å²) in [5.74, 6) is 0.153. The molecule has 2 heterocycles. The molecule has 2 aromatic rings. The smallest absolute Gasteiger partial charge is 0.322 e. The van der Waals surface area contributed by atoms with Gasteiger partial charge < -0.3 is 9.15 Å².